The normalized spacial score (nSPS) is 10.0. The second-order valence-corrected chi connectivity index (χ2v) is 3.97. The van der Waals surface area contributed by atoms with Gasteiger partial charge in [0.25, 0.3) is 5.91 Å². The van der Waals surface area contributed by atoms with E-state index in [9.17, 15) is 4.79 Å². The van der Waals surface area contributed by atoms with Gasteiger partial charge in [-0.2, -0.15) is 0 Å². The minimum Gasteiger partial charge on any atom is -0.383 e. The van der Waals surface area contributed by atoms with Crippen LogP contribution in [0.3, 0.4) is 0 Å². The first-order valence-electron chi connectivity index (χ1n) is 4.53. The Kier molecular flexibility index (Phi) is 2.74. The van der Waals surface area contributed by atoms with Crippen molar-refractivity contribution in [3.05, 3.63) is 35.2 Å². The number of anilines is 3. The van der Waals surface area contributed by atoms with Crippen LogP contribution in [0, 0.1) is 0 Å². The topological polar surface area (TPSA) is 94.0 Å². The fourth-order valence-electron chi connectivity index (χ4n) is 1.27. The van der Waals surface area contributed by atoms with Crippen molar-refractivity contribution in [1.29, 1.82) is 0 Å². The Morgan fingerprint density at radius 1 is 1.38 bits per heavy atom. The molecule has 0 aliphatic heterocycles. The Morgan fingerprint density at radius 2 is 2.12 bits per heavy atom. The maximum atomic E-state index is 11.2. The first-order valence-corrected chi connectivity index (χ1v) is 5.41. The molecule has 0 bridgehead atoms. The summed E-state index contributed by atoms with van der Waals surface area (Å²) in [5.74, 6) is -0.0308. The van der Waals surface area contributed by atoms with E-state index < -0.39 is 5.91 Å². The maximum Gasteiger partial charge on any atom is 0.250 e. The highest BCUT2D eigenvalue weighted by Gasteiger charge is 2.08. The molecule has 82 valence electrons. The highest BCUT2D eigenvalue weighted by atomic mass is 32.1. The van der Waals surface area contributed by atoms with Crippen LogP contribution in [-0.4, -0.2) is 10.9 Å². The fraction of sp³-hybridized carbons (Fsp3) is 0. The van der Waals surface area contributed by atoms with Gasteiger partial charge in [-0.25, -0.2) is 4.98 Å². The molecular weight excluding hydrogens is 224 g/mol. The first kappa shape index (κ1) is 10.4. The second-order valence-electron chi connectivity index (χ2n) is 3.11. The summed E-state index contributed by atoms with van der Waals surface area (Å²) in [5.41, 5.74) is 11.8. The lowest BCUT2D eigenvalue weighted by Gasteiger charge is -2.06. The molecule has 2 aromatic rings. The standard InChI is InChI=1S/C10H10N4OS/c11-8-5-16-10(14-8)13-7-4-2-1-3-6(7)9(12)15/h1-5H,11H2,(H2,12,15)(H,13,14). The van der Waals surface area contributed by atoms with Gasteiger partial charge in [-0.05, 0) is 12.1 Å². The maximum absolute atomic E-state index is 11.2. The Labute approximate surface area is 96.1 Å². The van der Waals surface area contributed by atoms with Crippen LogP contribution in [0.1, 0.15) is 10.4 Å². The molecule has 0 aliphatic carbocycles. The van der Waals surface area contributed by atoms with Crippen LogP contribution < -0.4 is 16.8 Å². The number of carbonyl (C=O) groups excluding carboxylic acids is 1. The number of thiazole rings is 1. The first-order chi connectivity index (χ1) is 7.66. The van der Waals surface area contributed by atoms with Crippen LogP contribution in [0.2, 0.25) is 0 Å². The Morgan fingerprint density at radius 3 is 2.75 bits per heavy atom. The van der Waals surface area contributed by atoms with E-state index in [2.05, 4.69) is 10.3 Å². The molecule has 0 atom stereocenters. The van der Waals surface area contributed by atoms with E-state index in [0.29, 0.717) is 22.2 Å². The SMILES string of the molecule is NC(=O)c1ccccc1Nc1nc(N)cs1. The van der Waals surface area contributed by atoms with E-state index in [1.807, 2.05) is 6.07 Å². The Bertz CT molecular complexity index is 523. The van der Waals surface area contributed by atoms with Gasteiger partial charge in [0.15, 0.2) is 5.13 Å². The number of hydrogen-bond donors (Lipinski definition) is 3. The van der Waals surface area contributed by atoms with Crippen molar-refractivity contribution >= 4 is 33.9 Å². The quantitative estimate of drug-likeness (QED) is 0.751. The summed E-state index contributed by atoms with van der Waals surface area (Å²) in [5, 5.41) is 5.35. The molecule has 1 aromatic carbocycles. The van der Waals surface area contributed by atoms with Crippen LogP contribution in [0.5, 0.6) is 0 Å². The third-order valence-electron chi connectivity index (χ3n) is 1.96. The fourth-order valence-corrected chi connectivity index (χ4v) is 1.88. The number of rotatable bonds is 3. The van der Waals surface area contributed by atoms with Crippen molar-refractivity contribution in [2.24, 2.45) is 5.73 Å². The molecule has 5 N–H and O–H groups in total. The van der Waals surface area contributed by atoms with Gasteiger partial charge in [0, 0.05) is 5.38 Å². The molecule has 0 radical (unpaired) electrons. The molecule has 1 aromatic heterocycles. The number of carbonyl (C=O) groups is 1. The summed E-state index contributed by atoms with van der Waals surface area (Å²) < 4.78 is 0. The van der Waals surface area contributed by atoms with Gasteiger partial charge < -0.3 is 16.8 Å². The summed E-state index contributed by atoms with van der Waals surface area (Å²) in [6.45, 7) is 0. The van der Waals surface area contributed by atoms with Gasteiger partial charge in [0.05, 0.1) is 11.3 Å². The molecule has 16 heavy (non-hydrogen) atoms. The number of aromatic nitrogens is 1. The van der Waals surface area contributed by atoms with Crippen LogP contribution in [0.4, 0.5) is 16.6 Å². The number of nitrogen functional groups attached to an aromatic ring is 1. The number of primary amides is 1. The van der Waals surface area contributed by atoms with Crippen molar-refractivity contribution in [1.82, 2.24) is 4.98 Å². The van der Waals surface area contributed by atoms with Gasteiger partial charge in [0.2, 0.25) is 0 Å². The van der Waals surface area contributed by atoms with E-state index in [1.54, 1.807) is 23.6 Å². The lowest BCUT2D eigenvalue weighted by molar-refractivity contribution is 0.100. The summed E-state index contributed by atoms with van der Waals surface area (Å²) in [7, 11) is 0. The van der Waals surface area contributed by atoms with Crippen molar-refractivity contribution in [2.45, 2.75) is 0 Å². The number of amides is 1. The molecule has 1 amide bonds. The number of nitrogens with zero attached hydrogens (tertiary/aromatic N) is 1. The van der Waals surface area contributed by atoms with E-state index >= 15 is 0 Å². The zero-order chi connectivity index (χ0) is 11.5. The highest BCUT2D eigenvalue weighted by molar-refractivity contribution is 7.14. The third kappa shape index (κ3) is 2.12. The monoisotopic (exact) mass is 234 g/mol. The predicted octanol–water partition coefficient (Wildman–Crippen LogP) is 1.57. The van der Waals surface area contributed by atoms with E-state index in [4.69, 9.17) is 11.5 Å². The highest BCUT2D eigenvalue weighted by Crippen LogP contribution is 2.24. The molecule has 1 heterocycles. The largest absolute Gasteiger partial charge is 0.383 e. The summed E-state index contributed by atoms with van der Waals surface area (Å²) >= 11 is 1.37. The molecule has 5 nitrogen and oxygen atoms in total. The number of nitrogens with two attached hydrogens (primary N) is 2. The molecule has 0 spiro atoms. The van der Waals surface area contributed by atoms with Crippen molar-refractivity contribution in [2.75, 3.05) is 11.1 Å². The molecule has 0 saturated heterocycles. The van der Waals surface area contributed by atoms with Gasteiger partial charge in [-0.15, -0.1) is 11.3 Å². The molecule has 0 fully saturated rings. The van der Waals surface area contributed by atoms with Gasteiger partial charge in [0.1, 0.15) is 5.82 Å². The van der Waals surface area contributed by atoms with Crippen LogP contribution in [-0.2, 0) is 0 Å². The number of para-hydroxylation sites is 1. The van der Waals surface area contributed by atoms with Crippen LogP contribution in [0.15, 0.2) is 29.6 Å². The Hall–Kier alpha value is -2.08. The summed E-state index contributed by atoms with van der Waals surface area (Å²) in [6.07, 6.45) is 0. The zero-order valence-electron chi connectivity index (χ0n) is 8.31. The number of hydrogen-bond acceptors (Lipinski definition) is 5. The molecule has 6 heteroatoms. The lowest BCUT2D eigenvalue weighted by atomic mass is 10.2. The average molecular weight is 234 g/mol. The van der Waals surface area contributed by atoms with Gasteiger partial charge >= 0.3 is 0 Å². The van der Waals surface area contributed by atoms with Gasteiger partial charge in [-0.1, -0.05) is 12.1 Å². The predicted molar refractivity (Wildman–Crippen MR) is 64.8 cm³/mol. The zero-order valence-corrected chi connectivity index (χ0v) is 9.12. The molecule has 0 saturated carbocycles. The summed E-state index contributed by atoms with van der Waals surface area (Å²) in [4.78, 5) is 15.2. The molecule has 2 rings (SSSR count). The van der Waals surface area contributed by atoms with Crippen molar-refractivity contribution < 1.29 is 4.79 Å². The van der Waals surface area contributed by atoms with E-state index in [0.717, 1.165) is 0 Å². The van der Waals surface area contributed by atoms with Crippen LogP contribution >= 0.6 is 11.3 Å². The summed E-state index contributed by atoms with van der Waals surface area (Å²) in [6, 6.07) is 6.98. The second kappa shape index (κ2) is 4.19. The number of nitrogens with one attached hydrogen (secondary N) is 1. The average Bonchev–Trinajstić information content (AvgIpc) is 2.64. The molecule has 0 unspecified atom stereocenters. The molecular formula is C10H10N4OS. The lowest BCUT2D eigenvalue weighted by Crippen LogP contribution is -2.13. The van der Waals surface area contributed by atoms with Gasteiger partial charge in [-0.3, -0.25) is 4.79 Å². The van der Waals surface area contributed by atoms with Crippen molar-refractivity contribution in [3.63, 3.8) is 0 Å². The Balaban J connectivity index is 2.31. The smallest absolute Gasteiger partial charge is 0.250 e. The van der Waals surface area contributed by atoms with Crippen LogP contribution in [0.25, 0.3) is 0 Å². The molecule has 0 aliphatic rings. The van der Waals surface area contributed by atoms with E-state index in [1.165, 1.54) is 11.3 Å². The van der Waals surface area contributed by atoms with Crippen molar-refractivity contribution in [3.8, 4) is 0 Å². The minimum absolute atomic E-state index is 0.427. The van der Waals surface area contributed by atoms with E-state index in [-0.39, 0.29) is 0 Å². The number of benzene rings is 1. The minimum atomic E-state index is -0.479. The third-order valence-corrected chi connectivity index (χ3v) is 2.73.